The number of aliphatic hydroxyl groups is 2. The lowest BCUT2D eigenvalue weighted by molar-refractivity contribution is -0.121. The molecule has 4 aromatic rings. The Hall–Kier alpha value is -2.82. The van der Waals surface area contributed by atoms with Gasteiger partial charge in [-0.3, -0.25) is 9.69 Å². The van der Waals surface area contributed by atoms with E-state index in [1.54, 1.807) is 6.07 Å². The van der Waals surface area contributed by atoms with Gasteiger partial charge in [0.05, 0.1) is 18.1 Å². The summed E-state index contributed by atoms with van der Waals surface area (Å²) < 4.78 is 29.0. The highest BCUT2D eigenvalue weighted by atomic mass is 32.2. The Morgan fingerprint density at radius 1 is 0.778 bits per heavy atom. The van der Waals surface area contributed by atoms with Crippen molar-refractivity contribution < 1.29 is 23.4 Å². The first kappa shape index (κ1) is 26.2. The second-order valence-electron chi connectivity index (χ2n) is 8.91. The van der Waals surface area contributed by atoms with Crippen molar-refractivity contribution in [3.8, 4) is 0 Å². The number of nitrogens with one attached hydrogen (secondary N) is 2. The van der Waals surface area contributed by atoms with E-state index in [4.69, 9.17) is 10.2 Å². The van der Waals surface area contributed by atoms with Gasteiger partial charge in [-0.15, -0.1) is 0 Å². The molecule has 9 heteroatoms. The molecule has 1 amide bonds. The monoisotopic (exact) mass is 511 g/mol. The van der Waals surface area contributed by atoms with Crippen LogP contribution >= 0.6 is 0 Å². The molecule has 0 saturated carbocycles. The van der Waals surface area contributed by atoms with Crippen molar-refractivity contribution in [1.82, 2.24) is 14.9 Å². The molecule has 36 heavy (non-hydrogen) atoms. The molecule has 0 aliphatic heterocycles. The fourth-order valence-corrected chi connectivity index (χ4v) is 5.95. The van der Waals surface area contributed by atoms with E-state index < -0.39 is 10.0 Å². The molecule has 0 heterocycles. The van der Waals surface area contributed by atoms with E-state index in [1.807, 2.05) is 47.4 Å². The summed E-state index contributed by atoms with van der Waals surface area (Å²) in [5, 5.41) is 26.8. The van der Waals surface area contributed by atoms with Crippen molar-refractivity contribution in [2.45, 2.75) is 24.2 Å². The van der Waals surface area contributed by atoms with Gasteiger partial charge in [0.2, 0.25) is 15.9 Å². The highest BCUT2D eigenvalue weighted by Gasteiger charge is 2.19. The molecule has 0 fully saturated rings. The van der Waals surface area contributed by atoms with Crippen molar-refractivity contribution in [3.63, 3.8) is 0 Å². The number of aliphatic hydroxyl groups excluding tert-OH is 2. The van der Waals surface area contributed by atoms with Crippen molar-refractivity contribution in [2.75, 3.05) is 45.9 Å². The lowest BCUT2D eigenvalue weighted by Gasteiger charge is -2.19. The van der Waals surface area contributed by atoms with Gasteiger partial charge in [0.1, 0.15) is 0 Å². The summed E-state index contributed by atoms with van der Waals surface area (Å²) in [5.74, 6) is -0.106. The first-order valence-corrected chi connectivity index (χ1v) is 13.8. The highest BCUT2D eigenvalue weighted by molar-refractivity contribution is 7.89. The third kappa shape index (κ3) is 5.93. The molecule has 0 aliphatic rings. The normalized spacial score (nSPS) is 12.3. The average Bonchev–Trinajstić information content (AvgIpc) is 2.88. The Morgan fingerprint density at radius 2 is 1.39 bits per heavy atom. The van der Waals surface area contributed by atoms with Crippen LogP contribution in [-0.2, 0) is 14.8 Å². The van der Waals surface area contributed by atoms with Gasteiger partial charge in [-0.05, 0) is 45.8 Å². The molecule has 4 aromatic carbocycles. The second kappa shape index (κ2) is 11.9. The van der Waals surface area contributed by atoms with E-state index in [-0.39, 0.29) is 37.0 Å². The van der Waals surface area contributed by atoms with Gasteiger partial charge in [-0.1, -0.05) is 48.5 Å². The number of unbranched alkanes of at least 4 members (excludes halogenated alkanes) is 1. The number of sulfonamides is 1. The number of carbonyl (C=O) groups is 1. The minimum atomic E-state index is -3.70. The van der Waals surface area contributed by atoms with E-state index in [9.17, 15) is 13.2 Å². The van der Waals surface area contributed by atoms with Gasteiger partial charge >= 0.3 is 0 Å². The zero-order chi connectivity index (χ0) is 25.5. The number of hydrogen-bond donors (Lipinski definition) is 4. The third-order valence-corrected chi connectivity index (χ3v) is 8.00. The molecule has 0 unspecified atom stereocenters. The second-order valence-corrected chi connectivity index (χ2v) is 10.6. The van der Waals surface area contributed by atoms with E-state index in [0.29, 0.717) is 44.4 Å². The fraction of sp³-hybridized carbons (Fsp3) is 0.370. The van der Waals surface area contributed by atoms with E-state index in [1.165, 1.54) is 0 Å². The molecule has 0 aliphatic carbocycles. The van der Waals surface area contributed by atoms with Crippen LogP contribution in [0, 0.1) is 0 Å². The first-order chi connectivity index (χ1) is 17.4. The molecule has 0 atom stereocenters. The number of carbonyl (C=O) groups excluding carboxylic acids is 1. The van der Waals surface area contributed by atoms with Crippen LogP contribution in [0.15, 0.2) is 59.5 Å². The molecule has 0 radical (unpaired) electrons. The van der Waals surface area contributed by atoms with E-state index in [2.05, 4.69) is 16.1 Å². The summed E-state index contributed by atoms with van der Waals surface area (Å²) in [4.78, 5) is 14.1. The first-order valence-electron chi connectivity index (χ1n) is 12.3. The van der Waals surface area contributed by atoms with Crippen molar-refractivity contribution in [2.24, 2.45) is 0 Å². The summed E-state index contributed by atoms with van der Waals surface area (Å²) in [6.45, 7) is 1.99. The smallest absolute Gasteiger partial charge is 0.241 e. The van der Waals surface area contributed by atoms with Crippen LogP contribution in [0.4, 0.5) is 0 Å². The Morgan fingerprint density at radius 3 is 2.08 bits per heavy atom. The van der Waals surface area contributed by atoms with Crippen LogP contribution in [0.25, 0.3) is 32.3 Å². The molecule has 0 aromatic heterocycles. The number of hydrogen-bond acceptors (Lipinski definition) is 6. The van der Waals surface area contributed by atoms with Crippen molar-refractivity contribution in [3.05, 3.63) is 54.6 Å². The fourth-order valence-electron chi connectivity index (χ4n) is 4.67. The Labute approximate surface area is 211 Å². The molecular formula is C27H33N3O5S. The third-order valence-electron chi connectivity index (χ3n) is 6.48. The molecular weight excluding hydrogens is 478 g/mol. The van der Waals surface area contributed by atoms with Gasteiger partial charge in [-0.25, -0.2) is 13.1 Å². The Balaban J connectivity index is 1.31. The summed E-state index contributed by atoms with van der Waals surface area (Å²) in [6, 6.07) is 17.6. The van der Waals surface area contributed by atoms with Crippen LogP contribution in [0.2, 0.25) is 0 Å². The molecule has 192 valence electrons. The van der Waals surface area contributed by atoms with Gasteiger partial charge < -0.3 is 15.5 Å². The minimum absolute atomic E-state index is 0.0217. The number of benzene rings is 4. The van der Waals surface area contributed by atoms with Crippen molar-refractivity contribution >= 4 is 48.2 Å². The number of amides is 1. The molecule has 0 saturated heterocycles. The predicted molar refractivity (Wildman–Crippen MR) is 143 cm³/mol. The number of nitrogens with zero attached hydrogens (tertiary/aromatic N) is 1. The van der Waals surface area contributed by atoms with E-state index >= 15 is 0 Å². The van der Waals surface area contributed by atoms with Gasteiger partial charge in [0, 0.05) is 44.5 Å². The maximum Gasteiger partial charge on any atom is 0.241 e. The summed E-state index contributed by atoms with van der Waals surface area (Å²) in [5.41, 5.74) is 0. The van der Waals surface area contributed by atoms with Gasteiger partial charge in [0.15, 0.2) is 0 Å². The largest absolute Gasteiger partial charge is 0.395 e. The zero-order valence-corrected chi connectivity index (χ0v) is 21.1. The summed E-state index contributed by atoms with van der Waals surface area (Å²) in [6.07, 6.45) is 1.51. The predicted octanol–water partition coefficient (Wildman–Crippen LogP) is 2.44. The van der Waals surface area contributed by atoms with Gasteiger partial charge in [0.25, 0.3) is 0 Å². The zero-order valence-electron chi connectivity index (χ0n) is 20.2. The van der Waals surface area contributed by atoms with Crippen LogP contribution in [-0.4, -0.2) is 75.4 Å². The lowest BCUT2D eigenvalue weighted by atomic mass is 9.94. The molecule has 0 spiro atoms. The molecule has 4 N–H and O–H groups in total. The summed E-state index contributed by atoms with van der Waals surface area (Å²) in [7, 11) is -3.70. The standard InChI is InChI=1S/C27H33N3O5S/c31-18-16-30(17-19-32)15-12-25(33)28-13-1-2-14-29-36(34,35)24-11-9-22-7-6-20-4-3-5-21-8-10-23(24)27(22)26(20)21/h3-11,29,31-32H,1-2,12-19H2,(H,28,33). The maximum atomic E-state index is 13.2. The molecule has 8 nitrogen and oxygen atoms in total. The minimum Gasteiger partial charge on any atom is -0.395 e. The molecule has 0 bridgehead atoms. The molecule has 4 rings (SSSR count). The van der Waals surface area contributed by atoms with Crippen LogP contribution in [0.5, 0.6) is 0 Å². The SMILES string of the molecule is O=C(CCN(CCO)CCO)NCCCCNS(=O)(=O)c1ccc2ccc3cccc4ccc1c2c34. The van der Waals surface area contributed by atoms with Crippen LogP contribution < -0.4 is 10.0 Å². The van der Waals surface area contributed by atoms with Crippen LogP contribution in [0.3, 0.4) is 0 Å². The van der Waals surface area contributed by atoms with E-state index in [0.717, 1.165) is 26.9 Å². The average molecular weight is 512 g/mol. The van der Waals surface area contributed by atoms with Gasteiger partial charge in [-0.2, -0.15) is 0 Å². The Kier molecular flexibility index (Phi) is 8.71. The quantitative estimate of drug-likeness (QED) is 0.153. The topological polar surface area (TPSA) is 119 Å². The van der Waals surface area contributed by atoms with Crippen molar-refractivity contribution in [1.29, 1.82) is 0 Å². The Bertz CT molecular complexity index is 1400. The lowest BCUT2D eigenvalue weighted by Crippen LogP contribution is -2.34. The van der Waals surface area contributed by atoms with Crippen LogP contribution in [0.1, 0.15) is 19.3 Å². The highest BCUT2D eigenvalue weighted by Crippen LogP contribution is 2.37. The number of rotatable bonds is 14. The summed E-state index contributed by atoms with van der Waals surface area (Å²) >= 11 is 0. The maximum absolute atomic E-state index is 13.2.